The first-order valence-corrected chi connectivity index (χ1v) is 6.17. The van der Waals surface area contributed by atoms with Gasteiger partial charge in [0.1, 0.15) is 0 Å². The number of rotatable bonds is 4. The number of piperidine rings is 1. The summed E-state index contributed by atoms with van der Waals surface area (Å²) in [6.07, 6.45) is 1.21. The van der Waals surface area contributed by atoms with Crippen LogP contribution < -0.4 is 11.1 Å². The Bertz CT molecular complexity index is 299. The van der Waals surface area contributed by atoms with Gasteiger partial charge in [0.25, 0.3) is 0 Å². The Morgan fingerprint density at radius 3 is 2.67 bits per heavy atom. The van der Waals surface area contributed by atoms with Crippen LogP contribution in [0.3, 0.4) is 0 Å². The summed E-state index contributed by atoms with van der Waals surface area (Å²) in [5, 5.41) is 14.3. The summed E-state index contributed by atoms with van der Waals surface area (Å²) in [5.41, 5.74) is 5.44. The Morgan fingerprint density at radius 2 is 2.17 bits per heavy atom. The van der Waals surface area contributed by atoms with Crippen molar-refractivity contribution >= 4 is 11.9 Å². The Morgan fingerprint density at radius 1 is 1.56 bits per heavy atom. The van der Waals surface area contributed by atoms with E-state index < -0.39 is 0 Å². The molecule has 0 bridgehead atoms. The summed E-state index contributed by atoms with van der Waals surface area (Å²) >= 11 is 0. The monoisotopic (exact) mass is 258 g/mol. The SMILES string of the molecule is CC(C)OC(=O)NC1CCN(CC(N)=NO)CC1. The van der Waals surface area contributed by atoms with E-state index >= 15 is 0 Å². The highest BCUT2D eigenvalue weighted by atomic mass is 16.6. The molecule has 4 N–H and O–H groups in total. The minimum atomic E-state index is -0.361. The number of oxime groups is 1. The van der Waals surface area contributed by atoms with Crippen LogP contribution in [0.1, 0.15) is 26.7 Å². The third-order valence-corrected chi connectivity index (χ3v) is 2.77. The van der Waals surface area contributed by atoms with Crippen molar-refractivity contribution in [2.75, 3.05) is 19.6 Å². The zero-order valence-corrected chi connectivity index (χ0v) is 10.9. The Kier molecular flexibility index (Phi) is 5.70. The molecule has 1 rings (SSSR count). The number of alkyl carbamates (subject to hydrolysis) is 1. The third-order valence-electron chi connectivity index (χ3n) is 2.77. The molecular formula is C11H22N4O3. The van der Waals surface area contributed by atoms with Crippen LogP contribution in [0.2, 0.25) is 0 Å². The van der Waals surface area contributed by atoms with Gasteiger partial charge >= 0.3 is 6.09 Å². The zero-order valence-electron chi connectivity index (χ0n) is 10.9. The van der Waals surface area contributed by atoms with Gasteiger partial charge in [-0.1, -0.05) is 5.16 Å². The maximum absolute atomic E-state index is 11.4. The van der Waals surface area contributed by atoms with Crippen molar-refractivity contribution in [3.05, 3.63) is 0 Å². The van der Waals surface area contributed by atoms with E-state index in [1.807, 2.05) is 13.8 Å². The first-order chi connectivity index (χ1) is 8.51. The molecule has 0 aromatic carbocycles. The van der Waals surface area contributed by atoms with Crippen molar-refractivity contribution in [2.24, 2.45) is 10.9 Å². The van der Waals surface area contributed by atoms with Crippen molar-refractivity contribution in [2.45, 2.75) is 38.8 Å². The average Bonchev–Trinajstić information content (AvgIpc) is 2.30. The van der Waals surface area contributed by atoms with Gasteiger partial charge in [0, 0.05) is 19.1 Å². The van der Waals surface area contributed by atoms with Crippen LogP contribution in [0.5, 0.6) is 0 Å². The fourth-order valence-electron chi connectivity index (χ4n) is 1.91. The molecule has 0 aromatic rings. The van der Waals surface area contributed by atoms with Gasteiger partial charge in [-0.15, -0.1) is 0 Å². The molecule has 0 spiro atoms. The van der Waals surface area contributed by atoms with E-state index in [1.54, 1.807) is 0 Å². The fourth-order valence-corrected chi connectivity index (χ4v) is 1.91. The number of ether oxygens (including phenoxy) is 1. The Labute approximate surface area is 107 Å². The molecule has 1 amide bonds. The predicted molar refractivity (Wildman–Crippen MR) is 67.6 cm³/mol. The van der Waals surface area contributed by atoms with Crippen LogP contribution in [-0.2, 0) is 4.74 Å². The molecular weight excluding hydrogens is 236 g/mol. The number of hydrogen-bond acceptors (Lipinski definition) is 5. The van der Waals surface area contributed by atoms with Gasteiger partial charge in [-0.05, 0) is 26.7 Å². The quantitative estimate of drug-likeness (QED) is 0.292. The summed E-state index contributed by atoms with van der Waals surface area (Å²) in [6.45, 7) is 5.71. The van der Waals surface area contributed by atoms with Crippen molar-refractivity contribution in [3.63, 3.8) is 0 Å². The molecule has 7 nitrogen and oxygen atoms in total. The van der Waals surface area contributed by atoms with Gasteiger partial charge in [0.2, 0.25) is 0 Å². The molecule has 0 unspecified atom stereocenters. The minimum absolute atomic E-state index is 0.106. The standard InChI is InChI=1S/C11H22N4O3/c1-8(2)18-11(16)13-9-3-5-15(6-4-9)7-10(12)14-17/h8-9,17H,3-7H2,1-2H3,(H2,12,14)(H,13,16). The Balaban J connectivity index is 2.25. The minimum Gasteiger partial charge on any atom is -0.447 e. The number of hydrogen-bond donors (Lipinski definition) is 3. The van der Waals surface area contributed by atoms with E-state index in [2.05, 4.69) is 15.4 Å². The first kappa shape index (κ1) is 14.6. The molecule has 1 heterocycles. The number of likely N-dealkylation sites (tertiary alicyclic amines) is 1. The van der Waals surface area contributed by atoms with Gasteiger partial charge < -0.3 is 21.0 Å². The highest BCUT2D eigenvalue weighted by Crippen LogP contribution is 2.10. The van der Waals surface area contributed by atoms with E-state index in [0.717, 1.165) is 25.9 Å². The van der Waals surface area contributed by atoms with Crippen LogP contribution in [0.4, 0.5) is 4.79 Å². The zero-order chi connectivity index (χ0) is 13.5. The van der Waals surface area contributed by atoms with Crippen molar-refractivity contribution < 1.29 is 14.7 Å². The summed E-state index contributed by atoms with van der Waals surface area (Å²) < 4.78 is 5.03. The summed E-state index contributed by atoms with van der Waals surface area (Å²) in [4.78, 5) is 13.5. The first-order valence-electron chi connectivity index (χ1n) is 6.17. The second kappa shape index (κ2) is 7.05. The lowest BCUT2D eigenvalue weighted by Crippen LogP contribution is -2.47. The molecule has 7 heteroatoms. The fraction of sp³-hybridized carbons (Fsp3) is 0.818. The number of amidine groups is 1. The van der Waals surface area contributed by atoms with Crippen LogP contribution in [0.25, 0.3) is 0 Å². The molecule has 1 aliphatic rings. The normalized spacial score (nSPS) is 18.9. The predicted octanol–water partition coefficient (Wildman–Crippen LogP) is 0.332. The van der Waals surface area contributed by atoms with E-state index in [1.165, 1.54) is 0 Å². The molecule has 0 aromatic heterocycles. The molecule has 104 valence electrons. The lowest BCUT2D eigenvalue weighted by atomic mass is 10.1. The van der Waals surface area contributed by atoms with Crippen molar-refractivity contribution in [3.8, 4) is 0 Å². The number of nitrogens with two attached hydrogens (primary N) is 1. The van der Waals surface area contributed by atoms with E-state index in [4.69, 9.17) is 15.7 Å². The lowest BCUT2D eigenvalue weighted by Gasteiger charge is -2.31. The largest absolute Gasteiger partial charge is 0.447 e. The second-order valence-electron chi connectivity index (χ2n) is 4.74. The molecule has 1 aliphatic heterocycles. The molecule has 18 heavy (non-hydrogen) atoms. The molecule has 1 saturated heterocycles. The van der Waals surface area contributed by atoms with Gasteiger partial charge in [-0.2, -0.15) is 0 Å². The third kappa shape index (κ3) is 5.22. The topological polar surface area (TPSA) is 100 Å². The molecule has 0 aliphatic carbocycles. The van der Waals surface area contributed by atoms with Gasteiger partial charge in [-0.3, -0.25) is 4.90 Å². The number of carbonyl (C=O) groups excluding carboxylic acids is 1. The van der Waals surface area contributed by atoms with E-state index in [0.29, 0.717) is 6.54 Å². The molecule has 1 fully saturated rings. The van der Waals surface area contributed by atoms with Crippen molar-refractivity contribution in [1.29, 1.82) is 0 Å². The number of nitrogens with one attached hydrogen (secondary N) is 1. The van der Waals surface area contributed by atoms with Crippen molar-refractivity contribution in [1.82, 2.24) is 10.2 Å². The van der Waals surface area contributed by atoms with Crippen LogP contribution in [0.15, 0.2) is 5.16 Å². The van der Waals surface area contributed by atoms with Crippen LogP contribution >= 0.6 is 0 Å². The number of carbonyl (C=O) groups is 1. The molecule has 0 atom stereocenters. The summed E-state index contributed by atoms with van der Waals surface area (Å²) in [7, 11) is 0. The van der Waals surface area contributed by atoms with Crippen LogP contribution in [0, 0.1) is 0 Å². The highest BCUT2D eigenvalue weighted by Gasteiger charge is 2.21. The number of nitrogens with zero attached hydrogens (tertiary/aromatic N) is 2. The maximum Gasteiger partial charge on any atom is 0.407 e. The molecule has 0 radical (unpaired) electrons. The summed E-state index contributed by atoms with van der Waals surface area (Å²) in [6, 6.07) is 0.139. The van der Waals surface area contributed by atoms with Gasteiger partial charge in [0.05, 0.1) is 12.6 Å². The average molecular weight is 258 g/mol. The summed E-state index contributed by atoms with van der Waals surface area (Å²) in [5.74, 6) is 0.209. The Hall–Kier alpha value is -1.50. The van der Waals surface area contributed by atoms with Gasteiger partial charge in [-0.25, -0.2) is 4.79 Å². The smallest absolute Gasteiger partial charge is 0.407 e. The second-order valence-corrected chi connectivity index (χ2v) is 4.74. The highest BCUT2D eigenvalue weighted by molar-refractivity contribution is 5.81. The maximum atomic E-state index is 11.4. The van der Waals surface area contributed by atoms with E-state index in [-0.39, 0.29) is 24.1 Å². The number of amides is 1. The molecule has 0 saturated carbocycles. The van der Waals surface area contributed by atoms with E-state index in [9.17, 15) is 4.79 Å². The van der Waals surface area contributed by atoms with Gasteiger partial charge in [0.15, 0.2) is 5.84 Å². The van der Waals surface area contributed by atoms with Crippen LogP contribution in [-0.4, -0.2) is 53.8 Å². The lowest BCUT2D eigenvalue weighted by molar-refractivity contribution is 0.107.